The van der Waals surface area contributed by atoms with Crippen molar-refractivity contribution in [1.82, 2.24) is 15.2 Å². The Morgan fingerprint density at radius 2 is 2.00 bits per heavy atom. The van der Waals surface area contributed by atoms with E-state index in [0.29, 0.717) is 25.6 Å². The normalized spacial score (nSPS) is 20.4. The average molecular weight is 384 g/mol. The Hall–Kier alpha value is -2.21. The minimum atomic E-state index is -0.222. The van der Waals surface area contributed by atoms with E-state index in [9.17, 15) is 9.59 Å². The molecule has 5 nitrogen and oxygen atoms in total. The fraction of sp³-hybridized carbons (Fsp3) is 0.476. The van der Waals surface area contributed by atoms with Crippen molar-refractivity contribution in [2.75, 3.05) is 6.54 Å². The minimum absolute atomic E-state index is 0.0264. The smallest absolute Gasteiger partial charge is 0.225 e. The van der Waals surface area contributed by atoms with Crippen molar-refractivity contribution in [2.45, 2.75) is 51.1 Å². The standard InChI is InChI=1S/C21H25N3O2S/c25-20-11-16(13-24(20)18-8-4-5-9-18)21(26)22-12-17-14-27-19(23-17)10-15-6-2-1-3-7-15/h1-3,6-7,14,16,18H,4-5,8-13H2,(H,22,26). The van der Waals surface area contributed by atoms with Crippen molar-refractivity contribution in [1.29, 1.82) is 0 Å². The third-order valence-corrected chi connectivity index (χ3v) is 6.43. The maximum absolute atomic E-state index is 12.5. The lowest BCUT2D eigenvalue weighted by Crippen LogP contribution is -2.36. The highest BCUT2D eigenvalue weighted by atomic mass is 32.1. The molecule has 142 valence electrons. The van der Waals surface area contributed by atoms with Crippen molar-refractivity contribution in [3.8, 4) is 0 Å². The number of carbonyl (C=O) groups is 2. The zero-order valence-electron chi connectivity index (χ0n) is 15.4. The lowest BCUT2D eigenvalue weighted by atomic mass is 10.1. The second-order valence-electron chi connectivity index (χ2n) is 7.50. The Balaban J connectivity index is 1.28. The van der Waals surface area contributed by atoms with Gasteiger partial charge in [0.05, 0.1) is 23.2 Å². The largest absolute Gasteiger partial charge is 0.350 e. The molecular weight excluding hydrogens is 358 g/mol. The SMILES string of the molecule is O=C(NCc1csc(Cc2ccccc2)n1)C1CC(=O)N(C2CCCC2)C1. The number of hydrogen-bond donors (Lipinski definition) is 1. The fourth-order valence-corrected chi connectivity index (χ4v) is 4.91. The summed E-state index contributed by atoms with van der Waals surface area (Å²) in [5, 5.41) is 6.03. The predicted molar refractivity (Wildman–Crippen MR) is 105 cm³/mol. The molecule has 2 aliphatic rings. The van der Waals surface area contributed by atoms with Crippen LogP contribution in [0.2, 0.25) is 0 Å². The molecule has 2 aromatic rings. The first-order valence-corrected chi connectivity index (χ1v) is 10.6. The van der Waals surface area contributed by atoms with Crippen molar-refractivity contribution in [2.24, 2.45) is 5.92 Å². The van der Waals surface area contributed by atoms with Crippen LogP contribution in [0.1, 0.15) is 48.4 Å². The summed E-state index contributed by atoms with van der Waals surface area (Å²) >= 11 is 1.62. The molecule has 0 spiro atoms. The fourth-order valence-electron chi connectivity index (χ4n) is 4.08. The molecule has 6 heteroatoms. The molecule has 27 heavy (non-hydrogen) atoms. The van der Waals surface area contributed by atoms with E-state index in [2.05, 4.69) is 22.4 Å². The first-order chi connectivity index (χ1) is 13.2. The molecule has 1 aromatic carbocycles. The van der Waals surface area contributed by atoms with Gasteiger partial charge in [0, 0.05) is 30.8 Å². The average Bonchev–Trinajstić information content (AvgIpc) is 3.41. The molecular formula is C21H25N3O2S. The van der Waals surface area contributed by atoms with E-state index in [1.165, 1.54) is 18.4 Å². The Labute approximate surface area is 163 Å². The van der Waals surface area contributed by atoms with Crippen LogP contribution in [0.3, 0.4) is 0 Å². The van der Waals surface area contributed by atoms with Crippen molar-refractivity contribution < 1.29 is 9.59 Å². The number of hydrogen-bond acceptors (Lipinski definition) is 4. The summed E-state index contributed by atoms with van der Waals surface area (Å²) in [4.78, 5) is 31.3. The molecule has 1 aliphatic heterocycles. The number of nitrogens with one attached hydrogen (secondary N) is 1. The quantitative estimate of drug-likeness (QED) is 0.834. The van der Waals surface area contributed by atoms with E-state index in [0.717, 1.165) is 30.0 Å². The summed E-state index contributed by atoms with van der Waals surface area (Å²) in [5.74, 6) is -0.108. The lowest BCUT2D eigenvalue weighted by molar-refractivity contribution is -0.130. The first-order valence-electron chi connectivity index (χ1n) is 9.73. The Bertz CT molecular complexity index is 799. The van der Waals surface area contributed by atoms with Gasteiger partial charge in [-0.2, -0.15) is 0 Å². The van der Waals surface area contributed by atoms with Crippen LogP contribution in [0.5, 0.6) is 0 Å². The number of thiazole rings is 1. The van der Waals surface area contributed by atoms with Gasteiger partial charge in [-0.1, -0.05) is 43.2 Å². The van der Waals surface area contributed by atoms with E-state index < -0.39 is 0 Å². The molecule has 1 saturated carbocycles. The van der Waals surface area contributed by atoms with Crippen LogP contribution in [0.15, 0.2) is 35.7 Å². The van der Waals surface area contributed by atoms with Crippen LogP contribution in [-0.2, 0) is 22.6 Å². The maximum atomic E-state index is 12.5. The Morgan fingerprint density at radius 1 is 1.22 bits per heavy atom. The molecule has 1 atom stereocenters. The molecule has 1 aromatic heterocycles. The van der Waals surface area contributed by atoms with Gasteiger partial charge in [-0.3, -0.25) is 9.59 Å². The molecule has 1 N–H and O–H groups in total. The van der Waals surface area contributed by atoms with E-state index in [4.69, 9.17) is 0 Å². The van der Waals surface area contributed by atoms with Gasteiger partial charge in [-0.05, 0) is 18.4 Å². The van der Waals surface area contributed by atoms with Gasteiger partial charge in [0.1, 0.15) is 0 Å². The Morgan fingerprint density at radius 3 is 2.78 bits per heavy atom. The molecule has 1 aliphatic carbocycles. The maximum Gasteiger partial charge on any atom is 0.225 e. The van der Waals surface area contributed by atoms with E-state index in [1.807, 2.05) is 28.5 Å². The topological polar surface area (TPSA) is 62.3 Å². The minimum Gasteiger partial charge on any atom is -0.350 e. The van der Waals surface area contributed by atoms with Crippen LogP contribution in [-0.4, -0.2) is 34.3 Å². The zero-order valence-corrected chi connectivity index (χ0v) is 16.2. The van der Waals surface area contributed by atoms with Gasteiger partial charge in [0.25, 0.3) is 0 Å². The molecule has 4 rings (SSSR count). The lowest BCUT2D eigenvalue weighted by Gasteiger charge is -2.23. The summed E-state index contributed by atoms with van der Waals surface area (Å²) < 4.78 is 0. The predicted octanol–water partition coefficient (Wildman–Crippen LogP) is 3.14. The molecule has 2 heterocycles. The molecule has 2 amide bonds. The van der Waals surface area contributed by atoms with E-state index in [-0.39, 0.29) is 17.7 Å². The summed E-state index contributed by atoms with van der Waals surface area (Å²) in [6, 6.07) is 10.6. The van der Waals surface area contributed by atoms with Gasteiger partial charge in [-0.15, -0.1) is 11.3 Å². The molecule has 1 unspecified atom stereocenters. The van der Waals surface area contributed by atoms with Crippen LogP contribution in [0.25, 0.3) is 0 Å². The van der Waals surface area contributed by atoms with Gasteiger partial charge < -0.3 is 10.2 Å². The highest BCUT2D eigenvalue weighted by Gasteiger charge is 2.38. The number of amides is 2. The van der Waals surface area contributed by atoms with Crippen molar-refractivity contribution >= 4 is 23.2 Å². The highest BCUT2D eigenvalue weighted by Crippen LogP contribution is 2.29. The number of carbonyl (C=O) groups excluding carboxylic acids is 2. The first kappa shape index (κ1) is 18.2. The van der Waals surface area contributed by atoms with Gasteiger partial charge in [0.15, 0.2) is 0 Å². The van der Waals surface area contributed by atoms with Crippen LogP contribution in [0, 0.1) is 5.92 Å². The monoisotopic (exact) mass is 383 g/mol. The summed E-state index contributed by atoms with van der Waals surface area (Å²) in [7, 11) is 0. The molecule has 2 fully saturated rings. The zero-order chi connectivity index (χ0) is 18.6. The van der Waals surface area contributed by atoms with Crippen LogP contribution in [0.4, 0.5) is 0 Å². The Kier molecular flexibility index (Phi) is 5.53. The molecule has 1 saturated heterocycles. The second kappa shape index (κ2) is 8.21. The van der Waals surface area contributed by atoms with Crippen molar-refractivity contribution in [3.63, 3.8) is 0 Å². The number of rotatable bonds is 6. The number of likely N-dealkylation sites (tertiary alicyclic amines) is 1. The van der Waals surface area contributed by atoms with Crippen molar-refractivity contribution in [3.05, 3.63) is 52.0 Å². The number of nitrogens with zero attached hydrogens (tertiary/aromatic N) is 2. The van der Waals surface area contributed by atoms with E-state index >= 15 is 0 Å². The van der Waals surface area contributed by atoms with E-state index in [1.54, 1.807) is 11.3 Å². The second-order valence-corrected chi connectivity index (χ2v) is 8.44. The summed E-state index contributed by atoms with van der Waals surface area (Å²) in [6.45, 7) is 1.00. The number of benzene rings is 1. The van der Waals surface area contributed by atoms with Crippen LogP contribution >= 0.6 is 11.3 Å². The molecule has 0 bridgehead atoms. The van der Waals surface area contributed by atoms with Gasteiger partial charge in [0.2, 0.25) is 11.8 Å². The molecule has 0 radical (unpaired) electrons. The van der Waals surface area contributed by atoms with Crippen LogP contribution < -0.4 is 5.32 Å². The highest BCUT2D eigenvalue weighted by molar-refractivity contribution is 7.09. The van der Waals surface area contributed by atoms with Gasteiger partial charge >= 0.3 is 0 Å². The summed E-state index contributed by atoms with van der Waals surface area (Å²) in [5.41, 5.74) is 2.12. The summed E-state index contributed by atoms with van der Waals surface area (Å²) in [6.07, 6.45) is 5.72. The third-order valence-electron chi connectivity index (χ3n) is 5.54. The number of aromatic nitrogens is 1. The van der Waals surface area contributed by atoms with Gasteiger partial charge in [-0.25, -0.2) is 4.98 Å². The third kappa shape index (κ3) is 4.38.